The second-order valence-electron chi connectivity index (χ2n) is 6.18. The van der Waals surface area contributed by atoms with Crippen molar-refractivity contribution in [2.45, 2.75) is 32.7 Å². The summed E-state index contributed by atoms with van der Waals surface area (Å²) in [6, 6.07) is 9.38. The molecule has 26 heavy (non-hydrogen) atoms. The average Bonchev–Trinajstić information content (AvgIpc) is 3.19. The monoisotopic (exact) mass is 372 g/mol. The number of carbonyl (C=O) groups is 2. The molecule has 0 saturated carbocycles. The third-order valence-electron chi connectivity index (χ3n) is 3.81. The molecule has 7 nitrogen and oxygen atoms in total. The zero-order chi connectivity index (χ0) is 18.5. The topological polar surface area (TPSA) is 97.1 Å². The predicted octanol–water partition coefficient (Wildman–Crippen LogP) is 2.00. The van der Waals surface area contributed by atoms with Crippen LogP contribution in [0, 0.1) is 6.92 Å². The molecule has 136 valence electrons. The van der Waals surface area contributed by atoms with Crippen LogP contribution in [0.2, 0.25) is 0 Å². The van der Waals surface area contributed by atoms with Gasteiger partial charge in [-0.3, -0.25) is 9.59 Å². The Hall–Kier alpha value is -2.74. The zero-order valence-corrected chi connectivity index (χ0v) is 15.4. The fourth-order valence-electron chi connectivity index (χ4n) is 2.59. The number of nitrogens with one attached hydrogen (secondary N) is 2. The van der Waals surface area contributed by atoms with Gasteiger partial charge in [-0.2, -0.15) is 4.37 Å². The molecule has 1 unspecified atom stereocenters. The van der Waals surface area contributed by atoms with Crippen LogP contribution in [0.1, 0.15) is 24.1 Å². The lowest BCUT2D eigenvalue weighted by Crippen LogP contribution is -2.42. The fraction of sp³-hybridized carbons (Fsp3) is 0.333. The van der Waals surface area contributed by atoms with E-state index in [1.165, 1.54) is 11.5 Å². The Kier molecular flexibility index (Phi) is 5.62. The van der Waals surface area contributed by atoms with E-state index >= 15 is 0 Å². The number of hydrogen-bond acceptors (Lipinski definition) is 6. The van der Waals surface area contributed by atoms with Gasteiger partial charge in [-0.05, 0) is 31.4 Å². The van der Waals surface area contributed by atoms with Crippen LogP contribution in [-0.2, 0) is 22.4 Å². The summed E-state index contributed by atoms with van der Waals surface area (Å²) < 4.78 is 10.4. The molecule has 0 fully saturated rings. The van der Waals surface area contributed by atoms with Gasteiger partial charge < -0.3 is 15.2 Å². The Labute approximate surface area is 154 Å². The summed E-state index contributed by atoms with van der Waals surface area (Å²) in [5, 5.41) is 10.5. The molecule has 0 aliphatic rings. The highest BCUT2D eigenvalue weighted by atomic mass is 32.1. The van der Waals surface area contributed by atoms with Crippen molar-refractivity contribution in [3.05, 3.63) is 47.5 Å². The summed E-state index contributed by atoms with van der Waals surface area (Å²) in [5.74, 6) is 0.391. The van der Waals surface area contributed by atoms with Gasteiger partial charge in [0.2, 0.25) is 11.8 Å². The lowest BCUT2D eigenvalue weighted by molar-refractivity contribution is -0.123. The Morgan fingerprint density at radius 3 is 2.81 bits per heavy atom. The molecule has 0 spiro atoms. The van der Waals surface area contributed by atoms with Gasteiger partial charge in [-0.25, -0.2) is 0 Å². The maximum Gasteiger partial charge on any atom is 0.226 e. The van der Waals surface area contributed by atoms with Crippen LogP contribution < -0.4 is 10.6 Å². The molecular weight excluding hydrogens is 352 g/mol. The minimum absolute atomic E-state index is 0.116. The SMILES string of the molecule is Cc1cc(CC(=O)NC(C)CNC(=O)Cc2nsc3ccccc23)no1. The summed E-state index contributed by atoms with van der Waals surface area (Å²) in [6.07, 6.45) is 0.378. The number of carbonyl (C=O) groups excluding carboxylic acids is 2. The molecule has 0 saturated heterocycles. The molecular formula is C18H20N4O3S. The highest BCUT2D eigenvalue weighted by Gasteiger charge is 2.14. The second kappa shape index (κ2) is 8.09. The third kappa shape index (κ3) is 4.66. The molecule has 0 aliphatic heterocycles. The predicted molar refractivity (Wildman–Crippen MR) is 98.9 cm³/mol. The lowest BCUT2D eigenvalue weighted by atomic mass is 10.1. The number of hydrogen-bond donors (Lipinski definition) is 2. The first kappa shape index (κ1) is 18.1. The van der Waals surface area contributed by atoms with Crippen molar-refractivity contribution >= 4 is 33.4 Å². The molecule has 3 rings (SSSR count). The van der Waals surface area contributed by atoms with Crippen LogP contribution in [0.5, 0.6) is 0 Å². The van der Waals surface area contributed by atoms with Crippen molar-refractivity contribution in [1.82, 2.24) is 20.2 Å². The molecule has 0 bridgehead atoms. The average molecular weight is 372 g/mol. The van der Waals surface area contributed by atoms with Gasteiger partial charge in [0, 0.05) is 24.0 Å². The van der Waals surface area contributed by atoms with Gasteiger partial charge in [0.15, 0.2) is 0 Å². The Morgan fingerprint density at radius 2 is 2.04 bits per heavy atom. The molecule has 2 N–H and O–H groups in total. The first-order chi connectivity index (χ1) is 12.5. The first-order valence-corrected chi connectivity index (χ1v) is 9.10. The van der Waals surface area contributed by atoms with E-state index in [9.17, 15) is 9.59 Å². The number of aryl methyl sites for hydroxylation is 1. The minimum atomic E-state index is -0.188. The second-order valence-corrected chi connectivity index (χ2v) is 6.99. The van der Waals surface area contributed by atoms with E-state index in [2.05, 4.69) is 20.2 Å². The highest BCUT2D eigenvalue weighted by molar-refractivity contribution is 7.13. The van der Waals surface area contributed by atoms with Gasteiger partial charge >= 0.3 is 0 Å². The van der Waals surface area contributed by atoms with E-state index in [0.29, 0.717) is 18.0 Å². The quantitative estimate of drug-likeness (QED) is 0.661. The van der Waals surface area contributed by atoms with Crippen molar-refractivity contribution in [2.75, 3.05) is 6.54 Å². The van der Waals surface area contributed by atoms with E-state index in [-0.39, 0.29) is 30.7 Å². The minimum Gasteiger partial charge on any atom is -0.361 e. The standard InChI is InChI=1S/C18H20N4O3S/c1-11(20-18(24)8-13-7-12(2)25-21-13)10-19-17(23)9-15-14-5-3-4-6-16(14)26-22-15/h3-7,11H,8-10H2,1-2H3,(H,19,23)(H,20,24). The van der Waals surface area contributed by atoms with Crippen LogP contribution in [0.4, 0.5) is 0 Å². The molecule has 0 radical (unpaired) electrons. The first-order valence-electron chi connectivity index (χ1n) is 8.33. The van der Waals surface area contributed by atoms with E-state index < -0.39 is 0 Å². The molecule has 2 heterocycles. The van der Waals surface area contributed by atoms with Gasteiger partial charge in [0.05, 0.1) is 28.9 Å². The van der Waals surface area contributed by atoms with Crippen LogP contribution >= 0.6 is 11.5 Å². The number of aromatic nitrogens is 2. The van der Waals surface area contributed by atoms with Crippen molar-refractivity contribution in [1.29, 1.82) is 0 Å². The Morgan fingerprint density at radius 1 is 1.23 bits per heavy atom. The van der Waals surface area contributed by atoms with Crippen molar-refractivity contribution in [2.24, 2.45) is 0 Å². The van der Waals surface area contributed by atoms with Crippen molar-refractivity contribution < 1.29 is 14.1 Å². The van der Waals surface area contributed by atoms with Gasteiger partial charge in [0.25, 0.3) is 0 Å². The Bertz CT molecular complexity index is 918. The van der Waals surface area contributed by atoms with Gasteiger partial charge in [-0.15, -0.1) is 0 Å². The molecule has 1 atom stereocenters. The summed E-state index contributed by atoms with van der Waals surface area (Å²) in [5.41, 5.74) is 1.37. The fourth-order valence-corrected chi connectivity index (χ4v) is 3.38. The maximum absolute atomic E-state index is 12.2. The normalized spacial score (nSPS) is 12.1. The number of nitrogens with zero attached hydrogens (tertiary/aromatic N) is 2. The third-order valence-corrected chi connectivity index (χ3v) is 4.68. The largest absolute Gasteiger partial charge is 0.361 e. The van der Waals surface area contributed by atoms with E-state index in [1.807, 2.05) is 31.2 Å². The highest BCUT2D eigenvalue weighted by Crippen LogP contribution is 2.22. The summed E-state index contributed by atoms with van der Waals surface area (Å²) in [7, 11) is 0. The molecule has 8 heteroatoms. The Balaban J connectivity index is 1.44. The molecule has 2 amide bonds. The zero-order valence-electron chi connectivity index (χ0n) is 14.6. The van der Waals surface area contributed by atoms with Crippen molar-refractivity contribution in [3.63, 3.8) is 0 Å². The summed E-state index contributed by atoms with van der Waals surface area (Å²) in [4.78, 5) is 24.1. The van der Waals surface area contributed by atoms with Crippen LogP contribution in [0.25, 0.3) is 10.1 Å². The summed E-state index contributed by atoms with van der Waals surface area (Å²) >= 11 is 1.39. The summed E-state index contributed by atoms with van der Waals surface area (Å²) in [6.45, 7) is 3.97. The maximum atomic E-state index is 12.2. The molecule has 1 aromatic carbocycles. The lowest BCUT2D eigenvalue weighted by Gasteiger charge is -2.14. The number of amides is 2. The van der Waals surface area contributed by atoms with Crippen molar-refractivity contribution in [3.8, 4) is 0 Å². The van der Waals surface area contributed by atoms with Crippen LogP contribution in [0.3, 0.4) is 0 Å². The molecule has 3 aromatic rings. The van der Waals surface area contributed by atoms with Crippen LogP contribution in [0.15, 0.2) is 34.9 Å². The smallest absolute Gasteiger partial charge is 0.226 e. The molecule has 2 aromatic heterocycles. The number of fused-ring (bicyclic) bond motifs is 1. The van der Waals surface area contributed by atoms with E-state index in [1.54, 1.807) is 13.0 Å². The van der Waals surface area contributed by atoms with E-state index in [0.717, 1.165) is 15.8 Å². The molecule has 0 aliphatic carbocycles. The van der Waals surface area contributed by atoms with Crippen LogP contribution in [-0.4, -0.2) is 33.9 Å². The number of rotatable bonds is 7. The van der Waals surface area contributed by atoms with Gasteiger partial charge in [0.1, 0.15) is 5.76 Å². The number of benzene rings is 1. The van der Waals surface area contributed by atoms with Gasteiger partial charge in [-0.1, -0.05) is 23.4 Å². The van der Waals surface area contributed by atoms with E-state index in [4.69, 9.17) is 4.52 Å².